The number of likely N-dealkylation sites (N-methyl/N-ethyl adjacent to an activating group) is 1. The van der Waals surface area contributed by atoms with Gasteiger partial charge in [0.2, 0.25) is 5.91 Å². The number of hydrogen-bond donors (Lipinski definition) is 1. The molecule has 0 saturated heterocycles. The van der Waals surface area contributed by atoms with Crippen LogP contribution in [0.4, 0.5) is 5.13 Å². The molecular formula is C23H30N3OS2+. The SMILES string of the molecule is Cc1ccc(SCCC(=O)N(CC[NH+](C)C)c2nc3c(C)cc(C)cc3s2)cc1. The Hall–Kier alpha value is -1.89. The number of amides is 1. The first kappa shape index (κ1) is 21.8. The van der Waals surface area contributed by atoms with Crippen molar-refractivity contribution in [2.24, 2.45) is 0 Å². The molecule has 154 valence electrons. The van der Waals surface area contributed by atoms with Gasteiger partial charge in [0, 0.05) is 17.1 Å². The van der Waals surface area contributed by atoms with Crippen LogP contribution in [0.3, 0.4) is 0 Å². The third kappa shape index (κ3) is 5.81. The van der Waals surface area contributed by atoms with Crippen LogP contribution in [0.25, 0.3) is 10.2 Å². The predicted octanol–water partition coefficient (Wildman–Crippen LogP) is 3.88. The fraction of sp³-hybridized carbons (Fsp3) is 0.391. The Morgan fingerprint density at radius 1 is 1.10 bits per heavy atom. The van der Waals surface area contributed by atoms with E-state index in [-0.39, 0.29) is 5.91 Å². The zero-order valence-corrected chi connectivity index (χ0v) is 19.5. The van der Waals surface area contributed by atoms with Gasteiger partial charge in [-0.1, -0.05) is 35.1 Å². The second kappa shape index (κ2) is 9.74. The zero-order chi connectivity index (χ0) is 21.0. The maximum absolute atomic E-state index is 13.1. The van der Waals surface area contributed by atoms with E-state index in [2.05, 4.69) is 71.3 Å². The number of nitrogens with one attached hydrogen (secondary N) is 1. The first-order chi connectivity index (χ1) is 13.8. The van der Waals surface area contributed by atoms with E-state index in [1.165, 1.54) is 26.5 Å². The summed E-state index contributed by atoms with van der Waals surface area (Å²) in [6, 6.07) is 12.8. The van der Waals surface area contributed by atoms with Crippen molar-refractivity contribution in [3.8, 4) is 0 Å². The van der Waals surface area contributed by atoms with Crippen LogP contribution in [-0.4, -0.2) is 43.8 Å². The van der Waals surface area contributed by atoms with Gasteiger partial charge >= 0.3 is 0 Å². The highest BCUT2D eigenvalue weighted by Crippen LogP contribution is 2.32. The molecule has 0 unspecified atom stereocenters. The molecule has 3 rings (SSSR count). The third-order valence-corrected chi connectivity index (χ3v) is 6.83. The van der Waals surface area contributed by atoms with Crippen molar-refractivity contribution in [2.45, 2.75) is 32.1 Å². The molecule has 4 nitrogen and oxygen atoms in total. The second-order valence-electron chi connectivity index (χ2n) is 7.84. The molecule has 1 amide bonds. The van der Waals surface area contributed by atoms with Crippen LogP contribution in [0.15, 0.2) is 41.3 Å². The Morgan fingerprint density at radius 3 is 2.52 bits per heavy atom. The molecule has 0 fully saturated rings. The van der Waals surface area contributed by atoms with Crippen molar-refractivity contribution in [3.05, 3.63) is 53.1 Å². The Labute approximate surface area is 181 Å². The number of rotatable bonds is 8. The number of aryl methyl sites for hydroxylation is 3. The van der Waals surface area contributed by atoms with Gasteiger partial charge in [-0.05, 0) is 50.1 Å². The second-order valence-corrected chi connectivity index (χ2v) is 10.0. The summed E-state index contributed by atoms with van der Waals surface area (Å²) in [6.45, 7) is 7.86. The van der Waals surface area contributed by atoms with E-state index in [1.807, 2.05) is 4.90 Å². The number of carbonyl (C=O) groups is 1. The summed E-state index contributed by atoms with van der Waals surface area (Å²) in [5.41, 5.74) is 4.67. The normalized spacial score (nSPS) is 11.4. The Balaban J connectivity index is 1.74. The van der Waals surface area contributed by atoms with Crippen LogP contribution in [-0.2, 0) is 4.79 Å². The maximum Gasteiger partial charge on any atom is 0.229 e. The van der Waals surface area contributed by atoms with Gasteiger partial charge < -0.3 is 4.90 Å². The van der Waals surface area contributed by atoms with Crippen molar-refractivity contribution in [3.63, 3.8) is 0 Å². The first-order valence-electron chi connectivity index (χ1n) is 10.00. The van der Waals surface area contributed by atoms with Gasteiger partial charge in [0.25, 0.3) is 0 Å². The monoisotopic (exact) mass is 428 g/mol. The van der Waals surface area contributed by atoms with Crippen LogP contribution in [0.5, 0.6) is 0 Å². The molecule has 3 aromatic rings. The fourth-order valence-electron chi connectivity index (χ4n) is 3.16. The predicted molar refractivity (Wildman–Crippen MR) is 126 cm³/mol. The number of fused-ring (bicyclic) bond motifs is 1. The Bertz CT molecular complexity index is 980. The molecular weight excluding hydrogens is 398 g/mol. The van der Waals surface area contributed by atoms with Crippen LogP contribution in [0.1, 0.15) is 23.1 Å². The molecule has 0 saturated carbocycles. The van der Waals surface area contributed by atoms with Crippen LogP contribution < -0.4 is 9.80 Å². The van der Waals surface area contributed by atoms with Crippen molar-refractivity contribution >= 4 is 44.4 Å². The largest absolute Gasteiger partial charge is 0.338 e. The standard InChI is InChI=1S/C23H29N3OS2/c1-16-6-8-19(9-7-16)28-13-10-21(27)26(12-11-25(4)5)23-24-22-18(3)14-17(2)15-20(22)29-23/h6-9,14-15H,10-13H2,1-5H3/p+1. The Morgan fingerprint density at radius 2 is 1.83 bits per heavy atom. The topological polar surface area (TPSA) is 37.6 Å². The number of thioether (sulfide) groups is 1. The lowest BCUT2D eigenvalue weighted by Crippen LogP contribution is -3.06. The van der Waals surface area contributed by atoms with Crippen LogP contribution in [0, 0.1) is 20.8 Å². The highest BCUT2D eigenvalue weighted by atomic mass is 32.2. The third-order valence-electron chi connectivity index (χ3n) is 4.79. The van der Waals surface area contributed by atoms with Gasteiger partial charge in [-0.3, -0.25) is 9.69 Å². The lowest BCUT2D eigenvalue weighted by Gasteiger charge is -2.20. The number of benzene rings is 2. The highest BCUT2D eigenvalue weighted by Gasteiger charge is 2.21. The van der Waals surface area contributed by atoms with Gasteiger partial charge in [0.15, 0.2) is 5.13 Å². The lowest BCUT2D eigenvalue weighted by molar-refractivity contribution is -0.856. The summed E-state index contributed by atoms with van der Waals surface area (Å²) >= 11 is 3.36. The minimum absolute atomic E-state index is 0.152. The summed E-state index contributed by atoms with van der Waals surface area (Å²) < 4.78 is 1.15. The van der Waals surface area contributed by atoms with Gasteiger partial charge in [0.05, 0.1) is 37.4 Å². The molecule has 2 aromatic carbocycles. The number of thiazole rings is 1. The smallest absolute Gasteiger partial charge is 0.229 e. The zero-order valence-electron chi connectivity index (χ0n) is 17.9. The number of carbonyl (C=O) groups excluding carboxylic acids is 1. The van der Waals surface area contributed by atoms with Gasteiger partial charge in [0.1, 0.15) is 0 Å². The average molecular weight is 429 g/mol. The van der Waals surface area contributed by atoms with E-state index in [0.29, 0.717) is 13.0 Å². The molecule has 0 aliphatic rings. The number of nitrogens with zero attached hydrogens (tertiary/aromatic N) is 2. The quantitative estimate of drug-likeness (QED) is 0.553. The van der Waals surface area contributed by atoms with E-state index < -0.39 is 0 Å². The van der Waals surface area contributed by atoms with E-state index in [0.717, 1.165) is 27.6 Å². The number of hydrogen-bond acceptors (Lipinski definition) is 4. The molecule has 0 spiro atoms. The van der Waals surface area contributed by atoms with Crippen molar-refractivity contribution in [1.82, 2.24) is 4.98 Å². The minimum atomic E-state index is 0.152. The van der Waals surface area contributed by atoms with Crippen molar-refractivity contribution in [1.29, 1.82) is 0 Å². The van der Waals surface area contributed by atoms with E-state index >= 15 is 0 Å². The first-order valence-corrected chi connectivity index (χ1v) is 11.8. The van der Waals surface area contributed by atoms with Crippen LogP contribution in [0.2, 0.25) is 0 Å². The molecule has 6 heteroatoms. The summed E-state index contributed by atoms with van der Waals surface area (Å²) in [5, 5.41) is 0.820. The molecule has 29 heavy (non-hydrogen) atoms. The van der Waals surface area contributed by atoms with E-state index in [9.17, 15) is 4.79 Å². The van der Waals surface area contributed by atoms with Gasteiger partial charge in [-0.15, -0.1) is 11.8 Å². The lowest BCUT2D eigenvalue weighted by atomic mass is 10.1. The highest BCUT2D eigenvalue weighted by molar-refractivity contribution is 7.99. The maximum atomic E-state index is 13.1. The van der Waals surface area contributed by atoms with E-state index in [4.69, 9.17) is 4.98 Å². The molecule has 0 aliphatic heterocycles. The molecule has 1 aromatic heterocycles. The number of aromatic nitrogens is 1. The van der Waals surface area contributed by atoms with E-state index in [1.54, 1.807) is 23.1 Å². The fourth-order valence-corrected chi connectivity index (χ4v) is 5.19. The van der Waals surface area contributed by atoms with Gasteiger partial charge in [-0.2, -0.15) is 0 Å². The number of anilines is 1. The summed E-state index contributed by atoms with van der Waals surface area (Å²) in [7, 11) is 4.23. The molecule has 1 heterocycles. The average Bonchev–Trinajstić information content (AvgIpc) is 3.07. The molecule has 0 radical (unpaired) electrons. The van der Waals surface area contributed by atoms with Crippen LogP contribution >= 0.6 is 23.1 Å². The van der Waals surface area contributed by atoms with Gasteiger partial charge in [-0.25, -0.2) is 4.98 Å². The molecule has 0 bridgehead atoms. The summed E-state index contributed by atoms with van der Waals surface area (Å²) in [5.74, 6) is 0.926. The number of quaternary nitrogens is 1. The van der Waals surface area contributed by atoms with Crippen molar-refractivity contribution < 1.29 is 9.69 Å². The minimum Gasteiger partial charge on any atom is -0.338 e. The van der Waals surface area contributed by atoms with Crippen molar-refractivity contribution in [2.75, 3.05) is 37.8 Å². The summed E-state index contributed by atoms with van der Waals surface area (Å²) in [4.78, 5) is 22.4. The molecule has 1 N–H and O–H groups in total. The molecule has 0 aliphatic carbocycles. The summed E-state index contributed by atoms with van der Waals surface area (Å²) in [6.07, 6.45) is 0.509. The molecule has 0 atom stereocenters. The Kier molecular flexibility index (Phi) is 7.33.